The summed E-state index contributed by atoms with van der Waals surface area (Å²) in [5.74, 6) is 0. The van der Waals surface area contributed by atoms with Crippen molar-refractivity contribution < 1.29 is 13.5 Å². The molecule has 1 N–H and O–H groups in total. The number of aliphatic hydroxyl groups is 1. The minimum absolute atomic E-state index is 0.106. The van der Waals surface area contributed by atoms with Crippen LogP contribution in [0.1, 0.15) is 31.2 Å². The van der Waals surface area contributed by atoms with E-state index in [9.17, 15) is 13.5 Å². The van der Waals surface area contributed by atoms with Crippen LogP contribution in [0.5, 0.6) is 0 Å². The minimum Gasteiger partial charge on any atom is -0.395 e. The highest BCUT2D eigenvalue weighted by Crippen LogP contribution is 2.34. The van der Waals surface area contributed by atoms with E-state index in [1.165, 1.54) is 15.6 Å². The molecule has 1 atom stereocenters. The van der Waals surface area contributed by atoms with E-state index in [0.717, 1.165) is 35.0 Å². The third kappa shape index (κ3) is 3.21. The number of aliphatic hydroxyl groups excluding tert-OH is 1. The second-order valence-electron chi connectivity index (χ2n) is 4.82. The van der Waals surface area contributed by atoms with Crippen LogP contribution in [0.15, 0.2) is 14.1 Å². The monoisotopic (exact) mass is 367 g/mol. The predicted octanol–water partition coefficient (Wildman–Crippen LogP) is 2.74. The van der Waals surface area contributed by atoms with Gasteiger partial charge in [-0.1, -0.05) is 12.8 Å². The van der Waals surface area contributed by atoms with E-state index < -0.39 is 10.0 Å². The summed E-state index contributed by atoms with van der Waals surface area (Å²) in [4.78, 5) is 0. The minimum atomic E-state index is -3.49. The van der Waals surface area contributed by atoms with Gasteiger partial charge in [0, 0.05) is 12.6 Å². The molecular formula is C12H18BrNO3S2. The van der Waals surface area contributed by atoms with Gasteiger partial charge in [-0.05, 0) is 47.3 Å². The van der Waals surface area contributed by atoms with Gasteiger partial charge < -0.3 is 5.11 Å². The number of halogens is 1. The lowest BCUT2D eigenvalue weighted by atomic mass is 10.1. The van der Waals surface area contributed by atoms with Gasteiger partial charge in [-0.25, -0.2) is 8.42 Å². The van der Waals surface area contributed by atoms with E-state index in [2.05, 4.69) is 15.9 Å². The Morgan fingerprint density at radius 3 is 2.79 bits per heavy atom. The van der Waals surface area contributed by atoms with Gasteiger partial charge in [0.1, 0.15) is 4.21 Å². The van der Waals surface area contributed by atoms with Crippen molar-refractivity contribution in [2.75, 3.05) is 13.2 Å². The average Bonchev–Trinajstić information content (AvgIpc) is 2.61. The van der Waals surface area contributed by atoms with Gasteiger partial charge in [-0.15, -0.1) is 11.3 Å². The summed E-state index contributed by atoms with van der Waals surface area (Å²) in [5, 5.41) is 9.44. The Bertz CT molecular complexity index is 522. The van der Waals surface area contributed by atoms with Crippen molar-refractivity contribution in [3.63, 3.8) is 0 Å². The summed E-state index contributed by atoms with van der Waals surface area (Å²) >= 11 is 4.61. The van der Waals surface area contributed by atoms with Crippen LogP contribution in [0.2, 0.25) is 0 Å². The van der Waals surface area contributed by atoms with Crippen LogP contribution in [0.25, 0.3) is 0 Å². The molecule has 1 aromatic rings. The van der Waals surface area contributed by atoms with Gasteiger partial charge in [0.25, 0.3) is 10.0 Å². The third-order valence-electron chi connectivity index (χ3n) is 3.43. The SMILES string of the molecule is Cc1cc(S(=O)(=O)N2CCCCCC2CO)sc1Br. The molecule has 0 radical (unpaired) electrons. The molecular weight excluding hydrogens is 350 g/mol. The van der Waals surface area contributed by atoms with Gasteiger partial charge in [-0.3, -0.25) is 0 Å². The van der Waals surface area contributed by atoms with E-state index in [-0.39, 0.29) is 12.6 Å². The van der Waals surface area contributed by atoms with Crippen LogP contribution in [0.4, 0.5) is 0 Å². The Balaban J connectivity index is 2.35. The zero-order chi connectivity index (χ0) is 14.0. The number of sulfonamides is 1. The van der Waals surface area contributed by atoms with Crippen molar-refractivity contribution in [1.29, 1.82) is 0 Å². The molecule has 0 saturated carbocycles. The van der Waals surface area contributed by atoms with Gasteiger partial charge >= 0.3 is 0 Å². The number of hydrogen-bond donors (Lipinski definition) is 1. The second-order valence-corrected chi connectivity index (χ2v) is 9.31. The highest BCUT2D eigenvalue weighted by atomic mass is 79.9. The molecule has 0 spiro atoms. The van der Waals surface area contributed by atoms with Crippen molar-refractivity contribution in [3.8, 4) is 0 Å². The van der Waals surface area contributed by atoms with Crippen molar-refractivity contribution in [3.05, 3.63) is 15.4 Å². The van der Waals surface area contributed by atoms with Gasteiger partial charge in [0.2, 0.25) is 0 Å². The van der Waals surface area contributed by atoms with Crippen molar-refractivity contribution in [2.24, 2.45) is 0 Å². The summed E-state index contributed by atoms with van der Waals surface area (Å²) < 4.78 is 28.0. The molecule has 1 fully saturated rings. The predicted molar refractivity (Wildman–Crippen MR) is 80.0 cm³/mol. The summed E-state index contributed by atoms with van der Waals surface area (Å²) in [6.45, 7) is 2.28. The molecule has 1 unspecified atom stereocenters. The molecule has 0 bridgehead atoms. The first-order valence-corrected chi connectivity index (χ1v) is 9.40. The van der Waals surface area contributed by atoms with Crippen LogP contribution < -0.4 is 0 Å². The highest BCUT2D eigenvalue weighted by Gasteiger charge is 2.33. The number of rotatable bonds is 3. The largest absolute Gasteiger partial charge is 0.395 e. The lowest BCUT2D eigenvalue weighted by molar-refractivity contribution is 0.186. The van der Waals surface area contributed by atoms with Crippen molar-refractivity contribution >= 4 is 37.3 Å². The molecule has 1 aliphatic heterocycles. The van der Waals surface area contributed by atoms with Crippen LogP contribution in [0.3, 0.4) is 0 Å². The van der Waals surface area contributed by atoms with E-state index in [1.807, 2.05) is 6.92 Å². The van der Waals surface area contributed by atoms with E-state index >= 15 is 0 Å². The number of hydrogen-bond acceptors (Lipinski definition) is 4. The zero-order valence-corrected chi connectivity index (χ0v) is 14.0. The fraction of sp³-hybridized carbons (Fsp3) is 0.667. The van der Waals surface area contributed by atoms with Gasteiger partial charge in [-0.2, -0.15) is 4.31 Å². The maximum absolute atomic E-state index is 12.7. The molecule has 7 heteroatoms. The van der Waals surface area contributed by atoms with Crippen LogP contribution in [-0.4, -0.2) is 37.0 Å². The third-order valence-corrected chi connectivity index (χ3v) is 7.97. The first-order chi connectivity index (χ1) is 8.96. The Kier molecular flexibility index (Phi) is 5.05. The van der Waals surface area contributed by atoms with Gasteiger partial charge in [0.15, 0.2) is 0 Å². The first kappa shape index (κ1) is 15.4. The average molecular weight is 368 g/mol. The van der Waals surface area contributed by atoms with Crippen LogP contribution in [0, 0.1) is 6.92 Å². The molecule has 4 nitrogen and oxygen atoms in total. The smallest absolute Gasteiger partial charge is 0.252 e. The molecule has 1 aliphatic rings. The lowest BCUT2D eigenvalue weighted by Crippen LogP contribution is -2.41. The second kappa shape index (κ2) is 6.22. The Hall–Kier alpha value is 0.0500. The molecule has 0 amide bonds. The molecule has 1 aromatic heterocycles. The van der Waals surface area contributed by atoms with E-state index in [0.29, 0.717) is 10.8 Å². The Morgan fingerprint density at radius 2 is 2.21 bits per heavy atom. The van der Waals surface area contributed by atoms with Crippen LogP contribution >= 0.6 is 27.3 Å². The zero-order valence-electron chi connectivity index (χ0n) is 10.8. The summed E-state index contributed by atoms with van der Waals surface area (Å²) in [6, 6.07) is 1.41. The van der Waals surface area contributed by atoms with E-state index in [4.69, 9.17) is 0 Å². The first-order valence-electron chi connectivity index (χ1n) is 6.35. The number of thiophene rings is 1. The maximum Gasteiger partial charge on any atom is 0.252 e. The quantitative estimate of drug-likeness (QED) is 0.893. The fourth-order valence-corrected chi connectivity index (χ4v) is 6.36. The Labute approximate surface area is 126 Å². The number of nitrogens with zero attached hydrogens (tertiary/aromatic N) is 1. The molecule has 19 heavy (non-hydrogen) atoms. The summed E-state index contributed by atoms with van der Waals surface area (Å²) in [6.07, 6.45) is 3.60. The summed E-state index contributed by atoms with van der Waals surface area (Å²) in [5.41, 5.74) is 0.930. The highest BCUT2D eigenvalue weighted by molar-refractivity contribution is 9.11. The van der Waals surface area contributed by atoms with Crippen molar-refractivity contribution in [2.45, 2.75) is 42.9 Å². The number of aryl methyl sites for hydroxylation is 1. The molecule has 2 heterocycles. The molecule has 0 aliphatic carbocycles. The fourth-order valence-electron chi connectivity index (χ4n) is 2.32. The summed E-state index contributed by atoms with van der Waals surface area (Å²) in [7, 11) is -3.49. The Morgan fingerprint density at radius 1 is 1.47 bits per heavy atom. The normalized spacial score (nSPS) is 22.4. The lowest BCUT2D eigenvalue weighted by Gasteiger charge is -2.26. The molecule has 0 aromatic carbocycles. The maximum atomic E-state index is 12.7. The van der Waals surface area contributed by atoms with Crippen LogP contribution in [-0.2, 0) is 10.0 Å². The van der Waals surface area contributed by atoms with E-state index in [1.54, 1.807) is 6.07 Å². The topological polar surface area (TPSA) is 57.6 Å². The molecule has 1 saturated heterocycles. The standard InChI is InChI=1S/C12H18BrNO3S2/c1-9-7-11(18-12(9)13)19(16,17)14-6-4-2-3-5-10(14)8-15/h7,10,15H,2-6,8H2,1H3. The molecule has 2 rings (SSSR count). The van der Waals surface area contributed by atoms with Gasteiger partial charge in [0.05, 0.1) is 10.4 Å². The molecule has 108 valence electrons. The van der Waals surface area contributed by atoms with Crippen molar-refractivity contribution in [1.82, 2.24) is 4.31 Å².